The molecule has 2 aromatic carbocycles. The monoisotopic (exact) mass is 350 g/mol. The minimum atomic E-state index is -0.667. The van der Waals surface area contributed by atoms with Crippen LogP contribution in [0.25, 0.3) is 10.9 Å². The molecule has 0 fully saturated rings. The maximum Gasteiger partial charge on any atom is 0.325 e. The van der Waals surface area contributed by atoms with Crippen LogP contribution in [0.2, 0.25) is 0 Å². The van der Waals surface area contributed by atoms with Gasteiger partial charge < -0.3 is 15.0 Å². The van der Waals surface area contributed by atoms with Crippen LogP contribution in [0.15, 0.2) is 54.6 Å². The molecule has 0 aliphatic rings. The Bertz CT molecular complexity index is 960. The van der Waals surface area contributed by atoms with Crippen LogP contribution >= 0.6 is 0 Å². The zero-order valence-corrected chi connectivity index (χ0v) is 14.2. The van der Waals surface area contributed by atoms with Gasteiger partial charge in [-0.1, -0.05) is 36.4 Å². The van der Waals surface area contributed by atoms with E-state index in [4.69, 9.17) is 4.74 Å². The number of esters is 1. The van der Waals surface area contributed by atoms with E-state index in [9.17, 15) is 14.4 Å². The fourth-order valence-electron chi connectivity index (χ4n) is 2.75. The second-order valence-electron chi connectivity index (χ2n) is 5.80. The van der Waals surface area contributed by atoms with Crippen LogP contribution in [0.3, 0.4) is 0 Å². The van der Waals surface area contributed by atoms with Crippen LogP contribution in [-0.4, -0.2) is 35.8 Å². The van der Waals surface area contributed by atoms with Crippen molar-refractivity contribution in [1.29, 1.82) is 0 Å². The van der Waals surface area contributed by atoms with Gasteiger partial charge in [0.15, 0.2) is 6.61 Å². The van der Waals surface area contributed by atoms with Gasteiger partial charge in [-0.05, 0) is 25.1 Å². The summed E-state index contributed by atoms with van der Waals surface area (Å²) in [6.07, 6.45) is 0. The van der Waals surface area contributed by atoms with Crippen LogP contribution in [0.4, 0.5) is 0 Å². The molecular weight excluding hydrogens is 332 g/mol. The summed E-state index contributed by atoms with van der Waals surface area (Å²) in [6.45, 7) is 1.13. The minimum Gasteiger partial charge on any atom is -0.456 e. The number of H-pyrrole nitrogens is 1. The minimum absolute atomic E-state index is 0.289. The smallest absolute Gasteiger partial charge is 0.325 e. The molecule has 0 spiro atoms. The average molecular weight is 350 g/mol. The number of aromatic nitrogens is 1. The van der Waals surface area contributed by atoms with Gasteiger partial charge in [0.05, 0.1) is 0 Å². The second-order valence-corrected chi connectivity index (χ2v) is 5.80. The summed E-state index contributed by atoms with van der Waals surface area (Å²) < 4.78 is 5.00. The van der Waals surface area contributed by atoms with Crippen molar-refractivity contribution in [2.75, 3.05) is 13.2 Å². The number of amides is 1. The van der Waals surface area contributed by atoms with Crippen molar-refractivity contribution in [3.05, 3.63) is 71.4 Å². The lowest BCUT2D eigenvalue weighted by Crippen LogP contribution is -2.31. The number of carbonyl (C=O) groups excluding carboxylic acids is 3. The number of hydrogen-bond acceptors (Lipinski definition) is 4. The van der Waals surface area contributed by atoms with Gasteiger partial charge in [-0.2, -0.15) is 0 Å². The SMILES string of the molecule is Cc1[nH]c2ccccc2c1C(=O)COC(=O)CNC(=O)c1ccccc1. The van der Waals surface area contributed by atoms with Crippen LogP contribution in [0.5, 0.6) is 0 Å². The highest BCUT2D eigenvalue weighted by Crippen LogP contribution is 2.22. The molecule has 0 saturated carbocycles. The van der Waals surface area contributed by atoms with Crippen molar-refractivity contribution >= 4 is 28.6 Å². The molecule has 3 aromatic rings. The molecule has 3 rings (SSSR count). The molecule has 1 aromatic heterocycles. The van der Waals surface area contributed by atoms with Crippen LogP contribution in [-0.2, 0) is 9.53 Å². The molecule has 0 saturated heterocycles. The number of nitrogens with one attached hydrogen (secondary N) is 2. The van der Waals surface area contributed by atoms with Gasteiger partial charge in [0.1, 0.15) is 6.54 Å². The Morgan fingerprint density at radius 3 is 2.46 bits per heavy atom. The quantitative estimate of drug-likeness (QED) is 0.528. The molecule has 0 atom stereocenters. The van der Waals surface area contributed by atoms with Gasteiger partial charge in [0.25, 0.3) is 5.91 Å². The van der Waals surface area contributed by atoms with E-state index in [2.05, 4.69) is 10.3 Å². The van der Waals surface area contributed by atoms with Gasteiger partial charge >= 0.3 is 5.97 Å². The first-order valence-electron chi connectivity index (χ1n) is 8.15. The lowest BCUT2D eigenvalue weighted by Gasteiger charge is -2.06. The molecule has 1 amide bonds. The molecule has 0 radical (unpaired) electrons. The van der Waals surface area contributed by atoms with E-state index < -0.39 is 5.97 Å². The van der Waals surface area contributed by atoms with Gasteiger partial charge in [0.2, 0.25) is 5.78 Å². The molecule has 132 valence electrons. The van der Waals surface area contributed by atoms with Crippen molar-refractivity contribution in [3.8, 4) is 0 Å². The predicted octanol–water partition coefficient (Wildman–Crippen LogP) is 2.63. The third-order valence-electron chi connectivity index (χ3n) is 3.97. The van der Waals surface area contributed by atoms with Crippen molar-refractivity contribution in [2.45, 2.75) is 6.92 Å². The van der Waals surface area contributed by atoms with Crippen LogP contribution in [0.1, 0.15) is 26.4 Å². The number of rotatable bonds is 6. The van der Waals surface area contributed by atoms with Crippen molar-refractivity contribution in [2.24, 2.45) is 0 Å². The average Bonchev–Trinajstić information content (AvgIpc) is 3.00. The highest BCUT2D eigenvalue weighted by atomic mass is 16.5. The molecule has 6 nitrogen and oxygen atoms in total. The second kappa shape index (κ2) is 7.65. The first-order valence-corrected chi connectivity index (χ1v) is 8.15. The zero-order chi connectivity index (χ0) is 18.5. The summed E-state index contributed by atoms with van der Waals surface area (Å²) in [7, 11) is 0. The fraction of sp³-hybridized carbons (Fsp3) is 0.150. The number of ketones is 1. The van der Waals surface area contributed by atoms with Gasteiger partial charge in [-0.25, -0.2) is 0 Å². The summed E-state index contributed by atoms with van der Waals surface area (Å²) in [5.74, 6) is -1.33. The Kier molecular flexibility index (Phi) is 5.12. The van der Waals surface area contributed by atoms with Gasteiger partial charge in [-0.3, -0.25) is 14.4 Å². The third kappa shape index (κ3) is 3.80. The number of hydrogen-bond donors (Lipinski definition) is 2. The predicted molar refractivity (Wildman–Crippen MR) is 97.1 cm³/mol. The Labute approximate surface area is 150 Å². The lowest BCUT2D eigenvalue weighted by molar-refractivity contribution is -0.141. The molecule has 0 bridgehead atoms. The first kappa shape index (κ1) is 17.4. The number of ether oxygens (including phenoxy) is 1. The number of carbonyl (C=O) groups is 3. The van der Waals surface area contributed by atoms with Crippen molar-refractivity contribution in [3.63, 3.8) is 0 Å². The van der Waals surface area contributed by atoms with E-state index in [1.54, 1.807) is 37.3 Å². The summed E-state index contributed by atoms with van der Waals surface area (Å²) in [6, 6.07) is 16.0. The molecule has 26 heavy (non-hydrogen) atoms. The number of aryl methyl sites for hydroxylation is 1. The van der Waals surface area contributed by atoms with E-state index >= 15 is 0 Å². The number of para-hydroxylation sites is 1. The van der Waals surface area contributed by atoms with Crippen molar-refractivity contribution in [1.82, 2.24) is 10.3 Å². The van der Waals surface area contributed by atoms with Gasteiger partial charge in [0, 0.05) is 27.7 Å². The first-order chi connectivity index (χ1) is 12.6. The molecular formula is C20H18N2O4. The van der Waals surface area contributed by atoms with E-state index in [-0.39, 0.29) is 24.8 Å². The molecule has 0 unspecified atom stereocenters. The van der Waals surface area contributed by atoms with E-state index in [1.165, 1.54) is 0 Å². The Morgan fingerprint density at radius 2 is 1.69 bits per heavy atom. The number of aromatic amines is 1. The Morgan fingerprint density at radius 1 is 1.00 bits per heavy atom. The van der Waals surface area contributed by atoms with E-state index in [0.29, 0.717) is 11.1 Å². The molecule has 0 aliphatic heterocycles. The number of benzene rings is 2. The molecule has 2 N–H and O–H groups in total. The maximum atomic E-state index is 12.4. The Hall–Kier alpha value is -3.41. The largest absolute Gasteiger partial charge is 0.456 e. The normalized spacial score (nSPS) is 10.5. The van der Waals surface area contributed by atoms with Gasteiger partial charge in [-0.15, -0.1) is 0 Å². The number of Topliss-reactive ketones (excluding diaryl/α,β-unsaturated/α-hetero) is 1. The summed E-state index contributed by atoms with van der Waals surface area (Å²) in [5.41, 5.74) is 2.55. The lowest BCUT2D eigenvalue weighted by atomic mass is 10.1. The summed E-state index contributed by atoms with van der Waals surface area (Å²) >= 11 is 0. The zero-order valence-electron chi connectivity index (χ0n) is 14.2. The van der Waals surface area contributed by atoms with Crippen molar-refractivity contribution < 1.29 is 19.1 Å². The molecule has 1 heterocycles. The molecule has 0 aliphatic carbocycles. The molecule has 6 heteroatoms. The topological polar surface area (TPSA) is 88.3 Å². The highest BCUT2D eigenvalue weighted by Gasteiger charge is 2.17. The van der Waals surface area contributed by atoms with E-state index in [0.717, 1.165) is 16.6 Å². The van der Waals surface area contributed by atoms with Crippen LogP contribution in [0, 0.1) is 6.92 Å². The Balaban J connectivity index is 1.55. The maximum absolute atomic E-state index is 12.4. The van der Waals surface area contributed by atoms with E-state index in [1.807, 2.05) is 24.3 Å². The number of fused-ring (bicyclic) bond motifs is 1. The standard InChI is InChI=1S/C20H18N2O4/c1-13-19(15-9-5-6-10-16(15)22-13)17(23)12-26-18(24)11-21-20(25)14-7-3-2-4-8-14/h2-10,22H,11-12H2,1H3,(H,21,25). The highest BCUT2D eigenvalue weighted by molar-refractivity contribution is 6.10. The summed E-state index contributed by atoms with van der Waals surface area (Å²) in [4.78, 5) is 39.2. The summed E-state index contributed by atoms with van der Waals surface area (Å²) in [5, 5.41) is 3.26. The van der Waals surface area contributed by atoms with Crippen LogP contribution < -0.4 is 5.32 Å². The third-order valence-corrected chi connectivity index (χ3v) is 3.97. The fourth-order valence-corrected chi connectivity index (χ4v) is 2.75.